The van der Waals surface area contributed by atoms with Crippen LogP contribution in [0, 0.1) is 0 Å². The number of ether oxygens (including phenoxy) is 1. The summed E-state index contributed by atoms with van der Waals surface area (Å²) in [7, 11) is -3.64. The molecule has 0 aliphatic heterocycles. The predicted octanol–water partition coefficient (Wildman–Crippen LogP) is 1.02. The first-order valence-electron chi connectivity index (χ1n) is 6.30. The van der Waals surface area contributed by atoms with Gasteiger partial charge in [-0.3, -0.25) is 4.98 Å². The molecule has 116 valence electrons. The van der Waals surface area contributed by atoms with Crippen LogP contribution >= 0.6 is 0 Å². The third kappa shape index (κ3) is 4.54. The lowest BCUT2D eigenvalue weighted by molar-refractivity contribution is -0.139. The first-order valence-corrected chi connectivity index (χ1v) is 7.79. The summed E-state index contributed by atoms with van der Waals surface area (Å²) >= 11 is 0. The largest absolute Gasteiger partial charge is 0.482 e. The van der Waals surface area contributed by atoms with Gasteiger partial charge in [0, 0.05) is 18.9 Å². The first kappa shape index (κ1) is 15.9. The van der Waals surface area contributed by atoms with Gasteiger partial charge in [-0.25, -0.2) is 17.9 Å². The molecule has 22 heavy (non-hydrogen) atoms. The number of aromatic nitrogens is 1. The maximum atomic E-state index is 12.0. The summed E-state index contributed by atoms with van der Waals surface area (Å²) in [6, 6.07) is 9.53. The van der Waals surface area contributed by atoms with Crippen molar-refractivity contribution in [2.75, 3.05) is 6.61 Å². The zero-order chi connectivity index (χ0) is 16.0. The van der Waals surface area contributed by atoms with E-state index in [0.717, 1.165) is 0 Å². The van der Waals surface area contributed by atoms with Crippen LogP contribution in [0.5, 0.6) is 5.75 Å². The summed E-state index contributed by atoms with van der Waals surface area (Å²) in [4.78, 5) is 14.3. The smallest absolute Gasteiger partial charge is 0.341 e. The van der Waals surface area contributed by atoms with Gasteiger partial charge >= 0.3 is 5.97 Å². The number of hydrogen-bond donors (Lipinski definition) is 2. The number of nitrogens with one attached hydrogen (secondary N) is 1. The molecule has 0 saturated carbocycles. The van der Waals surface area contributed by atoms with Crippen LogP contribution < -0.4 is 9.46 Å². The topological polar surface area (TPSA) is 106 Å². The summed E-state index contributed by atoms with van der Waals surface area (Å²) in [6.07, 6.45) is 2.75. The standard InChI is InChI=1S/C14H14N2O5S/c17-14(18)10-21-12-4-1-3-11(7-12)8-16-22(19,20)13-5-2-6-15-9-13/h1-7,9,16H,8,10H2,(H,17,18). The van der Waals surface area contributed by atoms with Crippen LogP contribution in [-0.4, -0.2) is 31.1 Å². The van der Waals surface area contributed by atoms with Gasteiger partial charge in [-0.1, -0.05) is 12.1 Å². The third-order valence-electron chi connectivity index (χ3n) is 2.67. The van der Waals surface area contributed by atoms with E-state index in [4.69, 9.17) is 9.84 Å². The van der Waals surface area contributed by atoms with Crippen LogP contribution in [0.3, 0.4) is 0 Å². The van der Waals surface area contributed by atoms with Gasteiger partial charge in [-0.05, 0) is 29.8 Å². The van der Waals surface area contributed by atoms with E-state index in [1.165, 1.54) is 24.5 Å². The Bertz CT molecular complexity index is 747. The van der Waals surface area contributed by atoms with E-state index < -0.39 is 22.6 Å². The molecule has 0 atom stereocenters. The number of sulfonamides is 1. The molecule has 0 amide bonds. The zero-order valence-electron chi connectivity index (χ0n) is 11.5. The summed E-state index contributed by atoms with van der Waals surface area (Å²) in [5, 5.41) is 8.56. The van der Waals surface area contributed by atoms with E-state index in [1.54, 1.807) is 24.3 Å². The zero-order valence-corrected chi connectivity index (χ0v) is 12.3. The summed E-state index contributed by atoms with van der Waals surface area (Å²) in [5.41, 5.74) is 0.648. The molecule has 0 unspecified atom stereocenters. The van der Waals surface area contributed by atoms with Crippen molar-refractivity contribution in [3.05, 3.63) is 54.4 Å². The minimum absolute atomic E-state index is 0.0570. The molecule has 2 aromatic rings. The summed E-state index contributed by atoms with van der Waals surface area (Å²) < 4.78 is 31.6. The Labute approximate surface area is 127 Å². The molecule has 0 saturated heterocycles. The van der Waals surface area contributed by atoms with E-state index in [1.807, 2.05) is 0 Å². The number of carbonyl (C=O) groups is 1. The molecule has 2 rings (SSSR count). The maximum Gasteiger partial charge on any atom is 0.341 e. The molecule has 1 aromatic carbocycles. The summed E-state index contributed by atoms with van der Waals surface area (Å²) in [6.45, 7) is -0.396. The molecule has 2 N–H and O–H groups in total. The number of carboxylic acids is 1. The van der Waals surface area contributed by atoms with Gasteiger partial charge in [0.15, 0.2) is 6.61 Å². The molecule has 0 fully saturated rings. The third-order valence-corrected chi connectivity index (χ3v) is 4.06. The van der Waals surface area contributed by atoms with E-state index in [2.05, 4.69) is 9.71 Å². The van der Waals surface area contributed by atoms with E-state index in [-0.39, 0.29) is 11.4 Å². The van der Waals surface area contributed by atoms with Crippen LogP contribution in [0.25, 0.3) is 0 Å². The van der Waals surface area contributed by atoms with Crippen molar-refractivity contribution in [1.29, 1.82) is 0 Å². The number of hydrogen-bond acceptors (Lipinski definition) is 5. The van der Waals surface area contributed by atoms with Gasteiger partial charge in [0.25, 0.3) is 0 Å². The second-order valence-corrected chi connectivity index (χ2v) is 6.11. The number of pyridine rings is 1. The molecular formula is C14H14N2O5S. The quantitative estimate of drug-likeness (QED) is 0.788. The van der Waals surface area contributed by atoms with Gasteiger partial charge in [-0.2, -0.15) is 0 Å². The van der Waals surface area contributed by atoms with E-state index >= 15 is 0 Å². The van der Waals surface area contributed by atoms with Crippen LogP contribution in [0.15, 0.2) is 53.7 Å². The van der Waals surface area contributed by atoms with Crippen molar-refractivity contribution >= 4 is 16.0 Å². The fourth-order valence-corrected chi connectivity index (χ4v) is 2.64. The maximum absolute atomic E-state index is 12.0. The lowest BCUT2D eigenvalue weighted by Gasteiger charge is -2.08. The lowest BCUT2D eigenvalue weighted by atomic mass is 10.2. The second-order valence-electron chi connectivity index (χ2n) is 4.34. The van der Waals surface area contributed by atoms with Crippen molar-refractivity contribution in [3.63, 3.8) is 0 Å². The molecule has 1 heterocycles. The van der Waals surface area contributed by atoms with Crippen molar-refractivity contribution in [1.82, 2.24) is 9.71 Å². The number of carboxylic acid groups (broad SMARTS) is 1. The van der Waals surface area contributed by atoms with Crippen molar-refractivity contribution in [3.8, 4) is 5.75 Å². The highest BCUT2D eigenvalue weighted by molar-refractivity contribution is 7.89. The average Bonchev–Trinajstić information content (AvgIpc) is 2.52. The number of benzene rings is 1. The molecule has 1 aromatic heterocycles. The second kappa shape index (κ2) is 7.01. The first-order chi connectivity index (χ1) is 10.5. The Morgan fingerprint density at radius 3 is 2.77 bits per heavy atom. The van der Waals surface area contributed by atoms with Crippen LogP contribution in [0.4, 0.5) is 0 Å². The molecule has 8 heteroatoms. The van der Waals surface area contributed by atoms with E-state index in [0.29, 0.717) is 11.3 Å². The number of nitrogens with zero attached hydrogens (tertiary/aromatic N) is 1. The van der Waals surface area contributed by atoms with Gasteiger partial charge in [-0.15, -0.1) is 0 Å². The monoisotopic (exact) mass is 322 g/mol. The van der Waals surface area contributed by atoms with Gasteiger partial charge in [0.2, 0.25) is 10.0 Å². The van der Waals surface area contributed by atoms with Crippen molar-refractivity contribution in [2.24, 2.45) is 0 Å². The highest BCUT2D eigenvalue weighted by Gasteiger charge is 2.13. The molecule has 0 radical (unpaired) electrons. The Balaban J connectivity index is 2.02. The normalized spacial score (nSPS) is 11.1. The fourth-order valence-electron chi connectivity index (χ4n) is 1.66. The molecule has 0 aliphatic rings. The van der Waals surface area contributed by atoms with Crippen LogP contribution in [-0.2, 0) is 21.4 Å². The molecule has 0 aliphatic carbocycles. The van der Waals surface area contributed by atoms with Gasteiger partial charge < -0.3 is 9.84 Å². The Morgan fingerprint density at radius 2 is 2.09 bits per heavy atom. The SMILES string of the molecule is O=C(O)COc1cccc(CNS(=O)(=O)c2cccnc2)c1. The van der Waals surface area contributed by atoms with Crippen LogP contribution in [0.1, 0.15) is 5.56 Å². The minimum atomic E-state index is -3.64. The van der Waals surface area contributed by atoms with Crippen LogP contribution in [0.2, 0.25) is 0 Å². The Hall–Kier alpha value is -2.45. The number of aliphatic carboxylic acids is 1. The number of rotatable bonds is 7. The van der Waals surface area contributed by atoms with Crippen molar-refractivity contribution in [2.45, 2.75) is 11.4 Å². The van der Waals surface area contributed by atoms with Gasteiger partial charge in [0.1, 0.15) is 10.6 Å². The molecule has 7 nitrogen and oxygen atoms in total. The lowest BCUT2D eigenvalue weighted by Crippen LogP contribution is -2.23. The fraction of sp³-hybridized carbons (Fsp3) is 0.143. The molecule has 0 spiro atoms. The van der Waals surface area contributed by atoms with Crippen molar-refractivity contribution < 1.29 is 23.1 Å². The Kier molecular flexibility index (Phi) is 5.08. The highest BCUT2D eigenvalue weighted by atomic mass is 32.2. The highest BCUT2D eigenvalue weighted by Crippen LogP contribution is 2.14. The summed E-state index contributed by atoms with van der Waals surface area (Å²) in [5.74, 6) is -0.719. The predicted molar refractivity (Wildman–Crippen MR) is 77.8 cm³/mol. The minimum Gasteiger partial charge on any atom is -0.482 e. The van der Waals surface area contributed by atoms with Gasteiger partial charge in [0.05, 0.1) is 0 Å². The molecule has 0 bridgehead atoms. The average molecular weight is 322 g/mol. The van der Waals surface area contributed by atoms with E-state index in [9.17, 15) is 13.2 Å². The Morgan fingerprint density at radius 1 is 1.27 bits per heavy atom. The molecular weight excluding hydrogens is 308 g/mol.